The smallest absolute Gasteiger partial charge is 0.112 e. The third-order valence-electron chi connectivity index (χ3n) is 3.46. The molecule has 2 aromatic rings. The molecule has 4 heteroatoms. The molecule has 1 aromatic carbocycles. The van der Waals surface area contributed by atoms with Crippen LogP contribution in [-0.4, -0.2) is 22.8 Å². The topological polar surface area (TPSA) is 27.1 Å². The third-order valence-corrected chi connectivity index (χ3v) is 3.69. The van der Waals surface area contributed by atoms with Gasteiger partial charge in [0.1, 0.15) is 5.82 Å². The van der Waals surface area contributed by atoms with Crippen LogP contribution in [0.3, 0.4) is 0 Å². The zero-order valence-electron chi connectivity index (χ0n) is 11.8. The molecule has 1 unspecified atom stereocenters. The fourth-order valence-electron chi connectivity index (χ4n) is 2.22. The summed E-state index contributed by atoms with van der Waals surface area (Å²) in [5, 5.41) is 0.734. The first kappa shape index (κ1) is 14.4. The monoisotopic (exact) mass is 280 g/mol. The highest BCUT2D eigenvalue weighted by molar-refractivity contribution is 6.31. The molecule has 3 nitrogen and oxygen atoms in total. The van der Waals surface area contributed by atoms with Gasteiger partial charge in [-0.2, -0.15) is 0 Å². The lowest BCUT2D eigenvalue weighted by molar-refractivity contribution is 0.139. The van der Waals surface area contributed by atoms with Crippen molar-refractivity contribution in [2.75, 3.05) is 13.2 Å². The van der Waals surface area contributed by atoms with Gasteiger partial charge in [-0.3, -0.25) is 0 Å². The predicted octanol–water partition coefficient (Wildman–Crippen LogP) is 4.24. The van der Waals surface area contributed by atoms with Crippen molar-refractivity contribution < 1.29 is 4.74 Å². The van der Waals surface area contributed by atoms with E-state index in [9.17, 15) is 0 Å². The molecule has 104 valence electrons. The van der Waals surface area contributed by atoms with E-state index in [1.54, 1.807) is 0 Å². The number of fused-ring (bicyclic) bond motifs is 1. The van der Waals surface area contributed by atoms with E-state index in [1.807, 2.05) is 25.1 Å². The maximum atomic E-state index is 6.05. The summed E-state index contributed by atoms with van der Waals surface area (Å²) in [4.78, 5) is 4.75. The molecule has 0 fully saturated rings. The van der Waals surface area contributed by atoms with E-state index in [-0.39, 0.29) is 0 Å². The normalized spacial score (nSPS) is 13.1. The van der Waals surface area contributed by atoms with Gasteiger partial charge in [0, 0.05) is 24.1 Å². The van der Waals surface area contributed by atoms with Crippen molar-refractivity contribution in [3.63, 3.8) is 0 Å². The van der Waals surface area contributed by atoms with Gasteiger partial charge in [-0.15, -0.1) is 0 Å². The van der Waals surface area contributed by atoms with Crippen molar-refractivity contribution in [3.8, 4) is 0 Å². The van der Waals surface area contributed by atoms with Crippen molar-refractivity contribution >= 4 is 22.6 Å². The molecule has 0 aliphatic rings. The van der Waals surface area contributed by atoms with Crippen LogP contribution in [0.1, 0.15) is 38.9 Å². The number of imidazole rings is 1. The van der Waals surface area contributed by atoms with Crippen LogP contribution in [0, 0.1) is 0 Å². The van der Waals surface area contributed by atoms with E-state index in [1.165, 1.54) is 0 Å². The molecular formula is C15H21ClN2O. The number of hydrogen-bond acceptors (Lipinski definition) is 2. The van der Waals surface area contributed by atoms with E-state index in [0.29, 0.717) is 12.5 Å². The Bertz CT molecular complexity index is 550. The number of rotatable bonds is 6. The maximum Gasteiger partial charge on any atom is 0.112 e. The molecule has 0 saturated carbocycles. The standard InChI is InChI=1S/C15H21ClN2O/c1-4-11(3)15-17-13-10-12(16)6-7-14(13)18(15)8-9-19-5-2/h6-7,10-11H,4-5,8-9H2,1-3H3. The minimum atomic E-state index is 0.438. The Morgan fingerprint density at radius 2 is 2.16 bits per heavy atom. The van der Waals surface area contributed by atoms with E-state index < -0.39 is 0 Å². The minimum absolute atomic E-state index is 0.438. The lowest BCUT2D eigenvalue weighted by Crippen LogP contribution is -2.11. The highest BCUT2D eigenvalue weighted by Crippen LogP contribution is 2.26. The van der Waals surface area contributed by atoms with Gasteiger partial charge in [-0.25, -0.2) is 4.98 Å². The van der Waals surface area contributed by atoms with Gasteiger partial charge < -0.3 is 9.30 Å². The SMILES string of the molecule is CCOCCn1c(C(C)CC)nc2cc(Cl)ccc21. The largest absolute Gasteiger partial charge is 0.380 e. The predicted molar refractivity (Wildman–Crippen MR) is 79.9 cm³/mol. The number of benzene rings is 1. The lowest BCUT2D eigenvalue weighted by atomic mass is 10.1. The summed E-state index contributed by atoms with van der Waals surface area (Å²) in [6.45, 7) is 8.71. The molecule has 0 spiro atoms. The number of aromatic nitrogens is 2. The molecule has 0 saturated heterocycles. The molecule has 19 heavy (non-hydrogen) atoms. The molecule has 0 amide bonds. The summed E-state index contributed by atoms with van der Waals surface area (Å²) in [5.41, 5.74) is 2.11. The fraction of sp³-hybridized carbons (Fsp3) is 0.533. The quantitative estimate of drug-likeness (QED) is 0.740. The zero-order valence-corrected chi connectivity index (χ0v) is 12.6. The van der Waals surface area contributed by atoms with Gasteiger partial charge in [0.25, 0.3) is 0 Å². The van der Waals surface area contributed by atoms with Crippen LogP contribution in [0.15, 0.2) is 18.2 Å². The molecule has 0 bridgehead atoms. The fourth-order valence-corrected chi connectivity index (χ4v) is 2.38. The lowest BCUT2D eigenvalue weighted by Gasteiger charge is -2.13. The van der Waals surface area contributed by atoms with Crippen molar-refractivity contribution in [2.45, 2.75) is 39.7 Å². The van der Waals surface area contributed by atoms with Crippen LogP contribution < -0.4 is 0 Å². The Balaban J connectivity index is 2.42. The molecule has 0 radical (unpaired) electrons. The van der Waals surface area contributed by atoms with Crippen LogP contribution in [0.25, 0.3) is 11.0 Å². The molecule has 0 aliphatic heterocycles. The summed E-state index contributed by atoms with van der Waals surface area (Å²) in [7, 11) is 0. The Morgan fingerprint density at radius 1 is 1.37 bits per heavy atom. The molecule has 2 rings (SSSR count). The van der Waals surface area contributed by atoms with E-state index in [4.69, 9.17) is 21.3 Å². The molecule has 1 aromatic heterocycles. The Morgan fingerprint density at radius 3 is 2.84 bits per heavy atom. The Labute approximate surface area is 119 Å². The van der Waals surface area contributed by atoms with Crippen molar-refractivity contribution in [2.24, 2.45) is 0 Å². The number of halogens is 1. The van der Waals surface area contributed by atoms with Crippen molar-refractivity contribution in [1.29, 1.82) is 0 Å². The Kier molecular flexibility index (Phi) is 4.83. The molecule has 0 N–H and O–H groups in total. The van der Waals surface area contributed by atoms with Crippen LogP contribution in [0.5, 0.6) is 0 Å². The van der Waals surface area contributed by atoms with Crippen molar-refractivity contribution in [1.82, 2.24) is 9.55 Å². The summed E-state index contributed by atoms with van der Waals surface area (Å²) in [6, 6.07) is 5.89. The van der Waals surface area contributed by atoms with Gasteiger partial charge in [0.15, 0.2) is 0 Å². The number of hydrogen-bond donors (Lipinski definition) is 0. The van der Waals surface area contributed by atoms with Gasteiger partial charge >= 0.3 is 0 Å². The van der Waals surface area contributed by atoms with E-state index in [2.05, 4.69) is 18.4 Å². The second-order valence-electron chi connectivity index (χ2n) is 4.76. The average Bonchev–Trinajstić information content (AvgIpc) is 2.76. The average molecular weight is 281 g/mol. The van der Waals surface area contributed by atoms with Crippen molar-refractivity contribution in [3.05, 3.63) is 29.0 Å². The molecule has 1 heterocycles. The molecule has 1 atom stereocenters. The first-order chi connectivity index (χ1) is 9.17. The third kappa shape index (κ3) is 3.10. The highest BCUT2D eigenvalue weighted by atomic mass is 35.5. The van der Waals surface area contributed by atoms with Crippen LogP contribution in [0.4, 0.5) is 0 Å². The van der Waals surface area contributed by atoms with E-state index in [0.717, 1.165) is 41.5 Å². The van der Waals surface area contributed by atoms with Gasteiger partial charge in [0.2, 0.25) is 0 Å². The van der Waals surface area contributed by atoms with Gasteiger partial charge in [-0.05, 0) is 31.5 Å². The maximum absolute atomic E-state index is 6.05. The summed E-state index contributed by atoms with van der Waals surface area (Å²) < 4.78 is 7.73. The van der Waals surface area contributed by atoms with Gasteiger partial charge in [-0.1, -0.05) is 25.4 Å². The van der Waals surface area contributed by atoms with Crippen LogP contribution in [0.2, 0.25) is 5.02 Å². The Hall–Kier alpha value is -1.06. The minimum Gasteiger partial charge on any atom is -0.380 e. The second kappa shape index (κ2) is 6.40. The number of ether oxygens (including phenoxy) is 1. The highest BCUT2D eigenvalue weighted by Gasteiger charge is 2.15. The summed E-state index contributed by atoms with van der Waals surface area (Å²) in [5.74, 6) is 1.56. The molecule has 0 aliphatic carbocycles. The number of nitrogens with zero attached hydrogens (tertiary/aromatic N) is 2. The summed E-state index contributed by atoms with van der Waals surface area (Å²) >= 11 is 6.05. The molecular weight excluding hydrogens is 260 g/mol. The summed E-state index contributed by atoms with van der Waals surface area (Å²) in [6.07, 6.45) is 1.08. The zero-order chi connectivity index (χ0) is 13.8. The second-order valence-corrected chi connectivity index (χ2v) is 5.20. The first-order valence-corrected chi connectivity index (χ1v) is 7.28. The van der Waals surface area contributed by atoms with Crippen LogP contribution in [-0.2, 0) is 11.3 Å². The van der Waals surface area contributed by atoms with E-state index >= 15 is 0 Å². The van der Waals surface area contributed by atoms with Gasteiger partial charge in [0.05, 0.1) is 17.6 Å². The first-order valence-electron chi connectivity index (χ1n) is 6.90. The van der Waals surface area contributed by atoms with Crippen LogP contribution >= 0.6 is 11.6 Å².